The second-order valence-electron chi connectivity index (χ2n) is 5.76. The summed E-state index contributed by atoms with van der Waals surface area (Å²) in [4.78, 5) is 2.06. The van der Waals surface area contributed by atoms with Gasteiger partial charge in [0.15, 0.2) is 0 Å². The molecule has 0 bridgehead atoms. The van der Waals surface area contributed by atoms with Crippen LogP contribution in [0.1, 0.15) is 17.2 Å². The minimum absolute atomic E-state index is 0.335. The minimum Gasteiger partial charge on any atom is -0.282 e. The van der Waals surface area contributed by atoms with E-state index in [9.17, 15) is 13.7 Å². The number of nitriles is 1. The fourth-order valence-corrected chi connectivity index (χ4v) is 5.55. The molecule has 0 aliphatic carbocycles. The molecule has 7 heteroatoms. The van der Waals surface area contributed by atoms with Gasteiger partial charge < -0.3 is 0 Å². The summed E-state index contributed by atoms with van der Waals surface area (Å²) in [5.74, 6) is 0. The van der Waals surface area contributed by atoms with Gasteiger partial charge in [0.05, 0.1) is 6.07 Å². The maximum Gasteiger partial charge on any atom is 0.252 e. The summed E-state index contributed by atoms with van der Waals surface area (Å²) in [5.41, 5.74) is 2.08. The fourth-order valence-electron chi connectivity index (χ4n) is 2.98. The van der Waals surface area contributed by atoms with Crippen LogP contribution in [0.25, 0.3) is 0 Å². The van der Waals surface area contributed by atoms with E-state index in [1.165, 1.54) is 15.6 Å². The molecule has 5 nitrogen and oxygen atoms in total. The molecule has 1 fully saturated rings. The van der Waals surface area contributed by atoms with Crippen LogP contribution in [-0.2, 0) is 10.0 Å². The van der Waals surface area contributed by atoms with Crippen molar-refractivity contribution in [1.82, 2.24) is 9.21 Å². The number of sulfonamides is 1. The zero-order chi connectivity index (χ0) is 17.2. The molecule has 0 radical (unpaired) electrons. The Balaban J connectivity index is 1.73. The number of hydrogen-bond acceptors (Lipinski definition) is 5. The highest BCUT2D eigenvalue weighted by molar-refractivity contribution is 7.91. The zero-order valence-corrected chi connectivity index (χ0v) is 15.1. The van der Waals surface area contributed by atoms with Crippen LogP contribution in [-0.4, -0.2) is 43.8 Å². The normalized spacial score (nSPS) is 18.2. The monoisotopic (exact) mass is 361 g/mol. The molecule has 1 unspecified atom stereocenters. The summed E-state index contributed by atoms with van der Waals surface area (Å²) in [7, 11) is -3.41. The summed E-state index contributed by atoms with van der Waals surface area (Å²) < 4.78 is 27.0. The smallest absolute Gasteiger partial charge is 0.252 e. The fraction of sp³-hybridized carbons (Fsp3) is 0.353. The lowest BCUT2D eigenvalue weighted by Gasteiger charge is -2.36. The van der Waals surface area contributed by atoms with Gasteiger partial charge in [-0.1, -0.05) is 30.3 Å². The maximum atomic E-state index is 12.6. The number of hydrogen-bond donors (Lipinski definition) is 0. The van der Waals surface area contributed by atoms with Gasteiger partial charge in [0.1, 0.15) is 10.3 Å². The van der Waals surface area contributed by atoms with E-state index in [1.807, 2.05) is 31.2 Å². The molecule has 0 saturated carbocycles. The predicted molar refractivity (Wildman–Crippen MR) is 94.2 cm³/mol. The third-order valence-electron chi connectivity index (χ3n) is 4.33. The Morgan fingerprint density at radius 1 is 1.12 bits per heavy atom. The number of benzene rings is 1. The number of nitrogens with zero attached hydrogens (tertiary/aromatic N) is 3. The van der Waals surface area contributed by atoms with Crippen LogP contribution in [0.4, 0.5) is 0 Å². The van der Waals surface area contributed by atoms with Crippen LogP contribution in [0.15, 0.2) is 46.0 Å². The van der Waals surface area contributed by atoms with Crippen LogP contribution in [0.3, 0.4) is 0 Å². The molecule has 1 aliphatic rings. The first-order valence-electron chi connectivity index (χ1n) is 7.77. The molecular formula is C17H19N3O2S2. The molecule has 1 aliphatic heterocycles. The number of rotatable bonds is 4. The van der Waals surface area contributed by atoms with E-state index < -0.39 is 10.0 Å². The van der Waals surface area contributed by atoms with Gasteiger partial charge in [-0.05, 0) is 29.5 Å². The Bertz CT molecular complexity index is 833. The highest BCUT2D eigenvalue weighted by Gasteiger charge is 2.32. The van der Waals surface area contributed by atoms with Crippen LogP contribution in [0, 0.1) is 18.3 Å². The molecule has 3 rings (SSSR count). The topological polar surface area (TPSA) is 64.4 Å². The van der Waals surface area contributed by atoms with Crippen LogP contribution in [0.2, 0.25) is 0 Å². The molecule has 1 aromatic carbocycles. The van der Waals surface area contributed by atoms with Crippen LogP contribution < -0.4 is 0 Å². The quantitative estimate of drug-likeness (QED) is 0.840. The van der Waals surface area contributed by atoms with Crippen molar-refractivity contribution in [2.75, 3.05) is 26.2 Å². The van der Waals surface area contributed by atoms with Gasteiger partial charge in [-0.15, -0.1) is 11.3 Å². The first-order chi connectivity index (χ1) is 11.5. The lowest BCUT2D eigenvalue weighted by atomic mass is 10.0. The first kappa shape index (κ1) is 17.1. The molecule has 1 atom stereocenters. The lowest BCUT2D eigenvalue weighted by molar-refractivity contribution is 0.162. The molecule has 0 N–H and O–H groups in total. The molecule has 126 valence electrons. The summed E-state index contributed by atoms with van der Waals surface area (Å²) in [5, 5.41) is 11.4. The van der Waals surface area contributed by atoms with Gasteiger partial charge in [-0.2, -0.15) is 9.57 Å². The predicted octanol–water partition coefficient (Wildman–Crippen LogP) is 2.63. The Labute approximate surface area is 146 Å². The molecule has 2 heterocycles. The number of piperazine rings is 1. The molecule has 1 aromatic heterocycles. The maximum absolute atomic E-state index is 12.6. The highest BCUT2D eigenvalue weighted by Crippen LogP contribution is 2.27. The van der Waals surface area contributed by atoms with Gasteiger partial charge in [-0.25, -0.2) is 8.42 Å². The van der Waals surface area contributed by atoms with Crippen molar-refractivity contribution in [3.63, 3.8) is 0 Å². The van der Waals surface area contributed by atoms with Crippen molar-refractivity contribution in [2.24, 2.45) is 0 Å². The lowest BCUT2D eigenvalue weighted by Crippen LogP contribution is -2.49. The average molecular weight is 361 g/mol. The second kappa shape index (κ2) is 7.03. The summed E-state index contributed by atoms with van der Waals surface area (Å²) in [6, 6.07) is 13.3. The summed E-state index contributed by atoms with van der Waals surface area (Å²) >= 11 is 1.24. The van der Waals surface area contributed by atoms with Gasteiger partial charge in [-0.3, -0.25) is 4.90 Å². The molecule has 0 spiro atoms. The van der Waals surface area contributed by atoms with E-state index in [0.717, 1.165) is 11.1 Å². The number of aryl methyl sites for hydroxylation is 1. The van der Waals surface area contributed by atoms with Crippen LogP contribution >= 0.6 is 11.3 Å². The first-order valence-corrected chi connectivity index (χ1v) is 10.1. The van der Waals surface area contributed by atoms with Crippen molar-refractivity contribution in [3.05, 3.63) is 52.9 Å². The molecule has 1 saturated heterocycles. The van der Waals surface area contributed by atoms with E-state index in [0.29, 0.717) is 30.4 Å². The Hall–Kier alpha value is -1.72. The third kappa shape index (κ3) is 3.23. The Morgan fingerprint density at radius 2 is 1.83 bits per heavy atom. The second-order valence-corrected chi connectivity index (χ2v) is 8.87. The van der Waals surface area contributed by atoms with Crippen LogP contribution in [0.5, 0.6) is 0 Å². The largest absolute Gasteiger partial charge is 0.282 e. The van der Waals surface area contributed by atoms with E-state index >= 15 is 0 Å². The number of thiophene rings is 1. The molecule has 2 aromatic rings. The van der Waals surface area contributed by atoms with E-state index in [1.54, 1.807) is 17.5 Å². The molecule has 24 heavy (non-hydrogen) atoms. The SMILES string of the molecule is Cc1ccccc1C(C#N)N1CCN(S(=O)(=O)c2cccs2)CC1. The third-order valence-corrected chi connectivity index (χ3v) is 7.60. The van der Waals surface area contributed by atoms with Crippen molar-refractivity contribution in [2.45, 2.75) is 17.2 Å². The van der Waals surface area contributed by atoms with Gasteiger partial charge >= 0.3 is 0 Å². The van der Waals surface area contributed by atoms with Crippen molar-refractivity contribution < 1.29 is 8.42 Å². The van der Waals surface area contributed by atoms with Crippen molar-refractivity contribution in [3.8, 4) is 6.07 Å². The van der Waals surface area contributed by atoms with E-state index in [2.05, 4.69) is 11.0 Å². The Kier molecular flexibility index (Phi) is 5.01. The zero-order valence-electron chi connectivity index (χ0n) is 13.4. The average Bonchev–Trinajstić information content (AvgIpc) is 3.13. The Morgan fingerprint density at radius 3 is 2.42 bits per heavy atom. The highest BCUT2D eigenvalue weighted by atomic mass is 32.2. The van der Waals surface area contributed by atoms with E-state index in [-0.39, 0.29) is 6.04 Å². The standard InChI is InChI=1S/C17H19N3O2S2/c1-14-5-2-3-6-15(14)16(13-18)19-8-10-20(11-9-19)24(21,22)17-7-4-12-23-17/h2-7,12,16H,8-11H2,1H3. The van der Waals surface area contributed by atoms with Crippen molar-refractivity contribution in [1.29, 1.82) is 5.26 Å². The van der Waals surface area contributed by atoms with E-state index in [4.69, 9.17) is 0 Å². The summed E-state index contributed by atoms with van der Waals surface area (Å²) in [6.07, 6.45) is 0. The molecule has 0 amide bonds. The van der Waals surface area contributed by atoms with Gasteiger partial charge in [0, 0.05) is 26.2 Å². The van der Waals surface area contributed by atoms with Gasteiger partial charge in [0.25, 0.3) is 10.0 Å². The minimum atomic E-state index is -3.41. The molecular weight excluding hydrogens is 342 g/mol. The van der Waals surface area contributed by atoms with Gasteiger partial charge in [0.2, 0.25) is 0 Å². The summed E-state index contributed by atoms with van der Waals surface area (Å²) in [6.45, 7) is 3.92. The van der Waals surface area contributed by atoms with Crippen molar-refractivity contribution >= 4 is 21.4 Å².